The normalized spacial score (nSPS) is 10.7. The maximum Gasteiger partial charge on any atom is 1.00 e. The van der Waals surface area contributed by atoms with E-state index in [0.717, 1.165) is 0 Å². The molecule has 1 amide bonds. The first-order valence-electron chi connectivity index (χ1n) is 2.41. The van der Waals surface area contributed by atoms with Crippen LogP contribution in [-0.4, -0.2) is 5.91 Å². The Hall–Kier alpha value is -0.0400. The first-order chi connectivity index (χ1) is 3.72. The molecule has 9 heavy (non-hydrogen) atoms. The van der Waals surface area contributed by atoms with E-state index >= 15 is 0 Å². The van der Waals surface area contributed by atoms with Gasteiger partial charge < -0.3 is 7.16 Å². The van der Waals surface area contributed by atoms with Gasteiger partial charge in [0, 0.05) is 0 Å². The van der Waals surface area contributed by atoms with Gasteiger partial charge in [0.2, 0.25) is 5.91 Å². The zero-order valence-corrected chi connectivity index (χ0v) is 7.72. The SMILES string of the molecule is CCC(C#N)C(N)=O.[H-].[Na+]. The van der Waals surface area contributed by atoms with Gasteiger partial charge in [-0.05, 0) is 6.42 Å². The summed E-state index contributed by atoms with van der Waals surface area (Å²) in [5.74, 6) is -1.13. The van der Waals surface area contributed by atoms with Crippen LogP contribution in [0.25, 0.3) is 0 Å². The minimum atomic E-state index is -0.602. The number of nitrogens with zero attached hydrogens (tertiary/aromatic N) is 1. The van der Waals surface area contributed by atoms with E-state index in [9.17, 15) is 4.79 Å². The Kier molecular flexibility index (Phi) is 7.92. The van der Waals surface area contributed by atoms with Crippen LogP contribution in [0.1, 0.15) is 14.8 Å². The van der Waals surface area contributed by atoms with Crippen LogP contribution in [0, 0.1) is 17.2 Å². The zero-order chi connectivity index (χ0) is 6.57. The summed E-state index contributed by atoms with van der Waals surface area (Å²) in [7, 11) is 0. The van der Waals surface area contributed by atoms with Gasteiger partial charge >= 0.3 is 29.6 Å². The number of carbonyl (C=O) groups excluding carboxylic acids is 1. The van der Waals surface area contributed by atoms with Crippen LogP contribution in [0.15, 0.2) is 0 Å². The third kappa shape index (κ3) is 4.46. The molecule has 0 rings (SSSR count). The van der Waals surface area contributed by atoms with Crippen molar-refractivity contribution < 1.29 is 35.8 Å². The molecule has 3 nitrogen and oxygen atoms in total. The Labute approximate surface area is 78.0 Å². The van der Waals surface area contributed by atoms with Crippen molar-refractivity contribution >= 4 is 5.91 Å². The number of primary amides is 1. The quantitative estimate of drug-likeness (QED) is 0.415. The topological polar surface area (TPSA) is 66.9 Å². The second-order valence-corrected chi connectivity index (χ2v) is 1.49. The van der Waals surface area contributed by atoms with Crippen molar-refractivity contribution in [2.45, 2.75) is 13.3 Å². The van der Waals surface area contributed by atoms with Gasteiger partial charge in [-0.1, -0.05) is 6.92 Å². The second-order valence-electron chi connectivity index (χ2n) is 1.49. The van der Waals surface area contributed by atoms with Crippen LogP contribution >= 0.6 is 0 Å². The fourth-order valence-electron chi connectivity index (χ4n) is 0.356. The summed E-state index contributed by atoms with van der Waals surface area (Å²) in [5.41, 5.74) is 4.80. The van der Waals surface area contributed by atoms with E-state index in [1.165, 1.54) is 0 Å². The van der Waals surface area contributed by atoms with Gasteiger partial charge in [0.15, 0.2) is 0 Å². The molecular weight excluding hydrogens is 127 g/mol. The van der Waals surface area contributed by atoms with E-state index in [2.05, 4.69) is 0 Å². The van der Waals surface area contributed by atoms with Crippen LogP contribution in [0.4, 0.5) is 0 Å². The number of nitrogens with two attached hydrogens (primary N) is 1. The average molecular weight is 136 g/mol. The molecule has 0 spiro atoms. The Morgan fingerprint density at radius 2 is 2.44 bits per heavy atom. The average Bonchev–Trinajstić information content (AvgIpc) is 1.69. The fourth-order valence-corrected chi connectivity index (χ4v) is 0.356. The van der Waals surface area contributed by atoms with Gasteiger partial charge in [0.25, 0.3) is 0 Å². The molecule has 0 aliphatic carbocycles. The van der Waals surface area contributed by atoms with E-state index in [4.69, 9.17) is 11.0 Å². The molecule has 46 valence electrons. The second kappa shape index (κ2) is 6.09. The summed E-state index contributed by atoms with van der Waals surface area (Å²) in [6.45, 7) is 1.75. The van der Waals surface area contributed by atoms with Crippen molar-refractivity contribution in [1.82, 2.24) is 0 Å². The van der Waals surface area contributed by atoms with E-state index in [-0.39, 0.29) is 31.0 Å². The molecule has 0 aliphatic rings. The fraction of sp³-hybridized carbons (Fsp3) is 0.600. The molecule has 0 saturated heterocycles. The van der Waals surface area contributed by atoms with E-state index in [0.29, 0.717) is 6.42 Å². The van der Waals surface area contributed by atoms with Crippen molar-refractivity contribution in [2.75, 3.05) is 0 Å². The molecule has 0 radical (unpaired) electrons. The minimum absolute atomic E-state index is 0. The predicted octanol–water partition coefficient (Wildman–Crippen LogP) is -2.86. The Morgan fingerprint density at radius 3 is 2.44 bits per heavy atom. The van der Waals surface area contributed by atoms with Crippen molar-refractivity contribution in [3.05, 3.63) is 0 Å². The van der Waals surface area contributed by atoms with Crippen molar-refractivity contribution in [1.29, 1.82) is 5.26 Å². The standard InChI is InChI=1S/C5H8N2O.Na.H/c1-2-4(3-6)5(7)8;;/h4H,2H2,1H3,(H2,7,8);;/q;+1;-1. The van der Waals surface area contributed by atoms with Crippen molar-refractivity contribution in [3.63, 3.8) is 0 Å². The van der Waals surface area contributed by atoms with Crippen molar-refractivity contribution in [2.24, 2.45) is 11.7 Å². The largest absolute Gasteiger partial charge is 1.00 e. The van der Waals surface area contributed by atoms with E-state index in [1.54, 1.807) is 13.0 Å². The summed E-state index contributed by atoms with van der Waals surface area (Å²) in [5, 5.41) is 8.15. The summed E-state index contributed by atoms with van der Waals surface area (Å²) in [4.78, 5) is 10.2. The van der Waals surface area contributed by atoms with Crippen LogP contribution in [-0.2, 0) is 4.79 Å². The van der Waals surface area contributed by atoms with Crippen molar-refractivity contribution in [3.8, 4) is 6.07 Å². The predicted molar refractivity (Wildman–Crippen MR) is 29.7 cm³/mol. The third-order valence-corrected chi connectivity index (χ3v) is 0.908. The van der Waals surface area contributed by atoms with E-state index < -0.39 is 11.8 Å². The molecule has 0 heterocycles. The van der Waals surface area contributed by atoms with Gasteiger partial charge in [-0.15, -0.1) is 0 Å². The van der Waals surface area contributed by atoms with Crippen LogP contribution < -0.4 is 35.3 Å². The Bertz CT molecular complexity index is 134. The molecule has 0 aliphatic heterocycles. The van der Waals surface area contributed by atoms with Gasteiger partial charge in [-0.3, -0.25) is 4.79 Å². The number of nitriles is 1. The van der Waals surface area contributed by atoms with E-state index in [1.807, 2.05) is 0 Å². The molecule has 1 unspecified atom stereocenters. The monoisotopic (exact) mass is 136 g/mol. The Morgan fingerprint density at radius 1 is 2.00 bits per heavy atom. The van der Waals surface area contributed by atoms with Gasteiger partial charge in [0.05, 0.1) is 6.07 Å². The number of carbonyl (C=O) groups is 1. The van der Waals surface area contributed by atoms with Crippen LogP contribution in [0.3, 0.4) is 0 Å². The Balaban J connectivity index is -0.000000245. The smallest absolute Gasteiger partial charge is 1.00 e. The number of amides is 1. The molecule has 4 heteroatoms. The minimum Gasteiger partial charge on any atom is -1.00 e. The van der Waals surface area contributed by atoms with Gasteiger partial charge in [-0.25, -0.2) is 0 Å². The summed E-state index contributed by atoms with van der Waals surface area (Å²) in [6, 6.07) is 1.78. The summed E-state index contributed by atoms with van der Waals surface area (Å²) >= 11 is 0. The molecule has 0 aromatic carbocycles. The molecular formula is C5H9N2NaO. The van der Waals surface area contributed by atoms with Crippen LogP contribution in [0.5, 0.6) is 0 Å². The first-order valence-corrected chi connectivity index (χ1v) is 2.41. The number of rotatable bonds is 2. The molecule has 0 aromatic rings. The maximum absolute atomic E-state index is 10.2. The third-order valence-electron chi connectivity index (χ3n) is 0.908. The molecule has 2 N–H and O–H groups in total. The number of hydrogen-bond acceptors (Lipinski definition) is 2. The summed E-state index contributed by atoms with van der Waals surface area (Å²) < 4.78 is 0. The zero-order valence-electron chi connectivity index (χ0n) is 6.72. The van der Waals surface area contributed by atoms with Gasteiger partial charge in [-0.2, -0.15) is 5.26 Å². The first kappa shape index (κ1) is 11.7. The molecule has 0 aromatic heterocycles. The summed E-state index contributed by atoms with van der Waals surface area (Å²) in [6.07, 6.45) is 0.506. The van der Waals surface area contributed by atoms with Gasteiger partial charge in [0.1, 0.15) is 5.92 Å². The molecule has 0 bridgehead atoms. The molecule has 1 atom stereocenters. The number of hydrogen-bond donors (Lipinski definition) is 1. The molecule has 0 fully saturated rings. The van der Waals surface area contributed by atoms with Crippen LogP contribution in [0.2, 0.25) is 0 Å². The molecule has 0 saturated carbocycles. The maximum atomic E-state index is 10.2.